The van der Waals surface area contributed by atoms with E-state index >= 15 is 0 Å². The number of hydrogen-bond donors (Lipinski definition) is 1. The molecule has 1 fully saturated rings. The molecule has 6 heteroatoms. The molecule has 1 aromatic carbocycles. The molecule has 0 aromatic heterocycles. The summed E-state index contributed by atoms with van der Waals surface area (Å²) >= 11 is 0. The van der Waals surface area contributed by atoms with Crippen molar-refractivity contribution in [1.29, 1.82) is 0 Å². The normalized spacial score (nSPS) is 18.6. The highest BCUT2D eigenvalue weighted by Gasteiger charge is 2.18. The summed E-state index contributed by atoms with van der Waals surface area (Å²) in [6.45, 7) is 6.63. The first-order valence-corrected chi connectivity index (χ1v) is 8.26. The van der Waals surface area contributed by atoms with Crippen LogP contribution in [0.15, 0.2) is 18.2 Å². The number of nitro groups is 1. The Morgan fingerprint density at radius 2 is 2.22 bits per heavy atom. The van der Waals surface area contributed by atoms with Crippen molar-refractivity contribution in [2.24, 2.45) is 0 Å². The van der Waals surface area contributed by atoms with E-state index in [1.165, 1.54) is 25.3 Å². The Labute approximate surface area is 137 Å². The van der Waals surface area contributed by atoms with Gasteiger partial charge in [-0.05, 0) is 45.7 Å². The third-order valence-electron chi connectivity index (χ3n) is 4.52. The number of carbonyl (C=O) groups excluding carboxylic acids is 1. The van der Waals surface area contributed by atoms with Gasteiger partial charge >= 0.3 is 0 Å². The van der Waals surface area contributed by atoms with Crippen molar-refractivity contribution in [3.63, 3.8) is 0 Å². The van der Waals surface area contributed by atoms with Crippen molar-refractivity contribution in [2.45, 2.75) is 45.6 Å². The Kier molecular flexibility index (Phi) is 6.10. The Morgan fingerprint density at radius 1 is 1.43 bits per heavy atom. The lowest BCUT2D eigenvalue weighted by Gasteiger charge is -2.33. The summed E-state index contributed by atoms with van der Waals surface area (Å²) < 4.78 is 0. The second-order valence-corrected chi connectivity index (χ2v) is 6.25. The highest BCUT2D eigenvalue weighted by molar-refractivity contribution is 5.94. The van der Waals surface area contributed by atoms with Crippen LogP contribution in [0.4, 0.5) is 5.69 Å². The molecule has 1 saturated heterocycles. The SMILES string of the molecule is Cc1ccc(C(=O)NCCCN2CCCCC2C)cc1[N+](=O)[O-]. The maximum absolute atomic E-state index is 12.1. The molecular formula is C17H25N3O3. The first kappa shape index (κ1) is 17.4. The molecule has 0 aliphatic carbocycles. The topological polar surface area (TPSA) is 75.5 Å². The van der Waals surface area contributed by atoms with Crippen LogP contribution in [0.3, 0.4) is 0 Å². The van der Waals surface area contributed by atoms with Gasteiger partial charge in [0.15, 0.2) is 0 Å². The standard InChI is InChI=1S/C17H25N3O3/c1-13-7-8-15(12-16(13)20(22)23)17(21)18-9-5-11-19-10-4-3-6-14(19)2/h7-8,12,14H,3-6,9-11H2,1-2H3,(H,18,21). The summed E-state index contributed by atoms with van der Waals surface area (Å²) in [6, 6.07) is 5.21. The van der Waals surface area contributed by atoms with Gasteiger partial charge in [-0.3, -0.25) is 14.9 Å². The number of hydrogen-bond acceptors (Lipinski definition) is 4. The van der Waals surface area contributed by atoms with E-state index in [9.17, 15) is 14.9 Å². The largest absolute Gasteiger partial charge is 0.352 e. The molecule has 1 heterocycles. The fraction of sp³-hybridized carbons (Fsp3) is 0.588. The maximum atomic E-state index is 12.1. The number of carbonyl (C=O) groups is 1. The van der Waals surface area contributed by atoms with E-state index in [0.29, 0.717) is 23.7 Å². The molecule has 1 aliphatic heterocycles. The number of rotatable bonds is 6. The lowest BCUT2D eigenvalue weighted by Crippen LogP contribution is -2.39. The van der Waals surface area contributed by atoms with Crippen LogP contribution in [0.2, 0.25) is 0 Å². The van der Waals surface area contributed by atoms with Crippen LogP contribution < -0.4 is 5.32 Å². The molecule has 126 valence electrons. The highest BCUT2D eigenvalue weighted by Crippen LogP contribution is 2.19. The summed E-state index contributed by atoms with van der Waals surface area (Å²) in [5.41, 5.74) is 0.888. The second kappa shape index (κ2) is 8.06. The molecule has 0 radical (unpaired) electrons. The highest BCUT2D eigenvalue weighted by atomic mass is 16.6. The van der Waals surface area contributed by atoms with E-state index in [1.54, 1.807) is 19.1 Å². The summed E-state index contributed by atoms with van der Waals surface area (Å²) in [6.07, 6.45) is 4.70. The lowest BCUT2D eigenvalue weighted by atomic mass is 10.0. The number of piperidine rings is 1. The molecule has 1 N–H and O–H groups in total. The number of benzene rings is 1. The molecule has 1 unspecified atom stereocenters. The number of aryl methyl sites for hydroxylation is 1. The smallest absolute Gasteiger partial charge is 0.273 e. The Balaban J connectivity index is 1.81. The zero-order chi connectivity index (χ0) is 16.8. The van der Waals surface area contributed by atoms with E-state index in [1.807, 2.05) is 0 Å². The number of nitro benzene ring substituents is 1. The van der Waals surface area contributed by atoms with Gasteiger partial charge in [0.2, 0.25) is 0 Å². The summed E-state index contributed by atoms with van der Waals surface area (Å²) in [5.74, 6) is -0.250. The number of amides is 1. The van der Waals surface area contributed by atoms with E-state index < -0.39 is 4.92 Å². The van der Waals surface area contributed by atoms with Crippen LogP contribution in [0, 0.1) is 17.0 Å². The average molecular weight is 319 g/mol. The van der Waals surface area contributed by atoms with Crippen molar-refractivity contribution in [3.8, 4) is 0 Å². The van der Waals surface area contributed by atoms with Crippen LogP contribution >= 0.6 is 0 Å². The first-order valence-electron chi connectivity index (χ1n) is 8.26. The molecule has 6 nitrogen and oxygen atoms in total. The van der Waals surface area contributed by atoms with Gasteiger partial charge in [-0.2, -0.15) is 0 Å². The molecule has 23 heavy (non-hydrogen) atoms. The predicted molar refractivity (Wildman–Crippen MR) is 89.7 cm³/mol. The van der Waals surface area contributed by atoms with Crippen molar-refractivity contribution >= 4 is 11.6 Å². The number of likely N-dealkylation sites (tertiary alicyclic amines) is 1. The van der Waals surface area contributed by atoms with E-state index in [-0.39, 0.29) is 11.6 Å². The minimum atomic E-state index is -0.455. The maximum Gasteiger partial charge on any atom is 0.273 e. The van der Waals surface area contributed by atoms with Crippen molar-refractivity contribution in [2.75, 3.05) is 19.6 Å². The fourth-order valence-electron chi connectivity index (χ4n) is 3.02. The van der Waals surface area contributed by atoms with Gasteiger partial charge in [-0.1, -0.05) is 12.5 Å². The monoisotopic (exact) mass is 319 g/mol. The van der Waals surface area contributed by atoms with Crippen molar-refractivity contribution in [3.05, 3.63) is 39.4 Å². The average Bonchev–Trinajstić information content (AvgIpc) is 2.53. The van der Waals surface area contributed by atoms with Gasteiger partial charge in [0.05, 0.1) is 4.92 Å². The Morgan fingerprint density at radius 3 is 2.91 bits per heavy atom. The van der Waals surface area contributed by atoms with Gasteiger partial charge in [-0.15, -0.1) is 0 Å². The minimum Gasteiger partial charge on any atom is -0.352 e. The quantitative estimate of drug-likeness (QED) is 0.497. The second-order valence-electron chi connectivity index (χ2n) is 6.25. The van der Waals surface area contributed by atoms with Gasteiger partial charge in [-0.25, -0.2) is 0 Å². The molecular weight excluding hydrogens is 294 g/mol. The van der Waals surface area contributed by atoms with Crippen LogP contribution in [0.25, 0.3) is 0 Å². The number of nitrogens with zero attached hydrogens (tertiary/aromatic N) is 2. The summed E-state index contributed by atoms with van der Waals surface area (Å²) in [5, 5.41) is 13.8. The first-order chi connectivity index (χ1) is 11.0. The number of nitrogens with one attached hydrogen (secondary N) is 1. The third-order valence-corrected chi connectivity index (χ3v) is 4.52. The zero-order valence-corrected chi connectivity index (χ0v) is 13.9. The van der Waals surface area contributed by atoms with Crippen LogP contribution in [-0.4, -0.2) is 41.4 Å². The molecule has 1 amide bonds. The molecule has 0 spiro atoms. The van der Waals surface area contributed by atoms with Crippen molar-refractivity contribution < 1.29 is 9.72 Å². The Hall–Kier alpha value is -1.95. The molecule has 1 aromatic rings. The Bertz CT molecular complexity index is 574. The summed E-state index contributed by atoms with van der Waals surface area (Å²) in [4.78, 5) is 25.0. The third kappa shape index (κ3) is 4.76. The predicted octanol–water partition coefficient (Wildman–Crippen LogP) is 2.90. The summed E-state index contributed by atoms with van der Waals surface area (Å²) in [7, 11) is 0. The van der Waals surface area contributed by atoms with Crippen LogP contribution in [0.5, 0.6) is 0 Å². The van der Waals surface area contributed by atoms with E-state index in [0.717, 1.165) is 19.5 Å². The zero-order valence-electron chi connectivity index (χ0n) is 13.9. The van der Waals surface area contributed by atoms with Crippen LogP contribution in [0.1, 0.15) is 48.5 Å². The molecule has 1 atom stereocenters. The minimum absolute atomic E-state index is 0.0141. The van der Waals surface area contributed by atoms with Gasteiger partial charge in [0.1, 0.15) is 0 Å². The fourth-order valence-corrected chi connectivity index (χ4v) is 3.02. The van der Waals surface area contributed by atoms with E-state index in [4.69, 9.17) is 0 Å². The van der Waals surface area contributed by atoms with Gasteiger partial charge < -0.3 is 10.2 Å². The molecule has 0 saturated carbocycles. The van der Waals surface area contributed by atoms with Gasteiger partial charge in [0.25, 0.3) is 11.6 Å². The molecule has 1 aliphatic rings. The molecule has 2 rings (SSSR count). The lowest BCUT2D eigenvalue weighted by molar-refractivity contribution is -0.385. The van der Waals surface area contributed by atoms with Crippen molar-refractivity contribution in [1.82, 2.24) is 10.2 Å². The van der Waals surface area contributed by atoms with Gasteiger partial charge in [0, 0.05) is 36.3 Å². The molecule has 0 bridgehead atoms. The van der Waals surface area contributed by atoms with E-state index in [2.05, 4.69) is 17.1 Å². The van der Waals surface area contributed by atoms with Crippen LogP contribution in [-0.2, 0) is 0 Å².